The number of fused-ring (bicyclic) bond motifs is 1. The van der Waals surface area contributed by atoms with Crippen LogP contribution in [0.1, 0.15) is 5.56 Å². The molecule has 0 aliphatic carbocycles. The van der Waals surface area contributed by atoms with Crippen molar-refractivity contribution in [2.45, 2.75) is 6.42 Å². The number of anilines is 1. The molecule has 0 saturated heterocycles. The van der Waals surface area contributed by atoms with Gasteiger partial charge in [0.1, 0.15) is 0 Å². The van der Waals surface area contributed by atoms with E-state index in [4.69, 9.17) is 16.6 Å². The zero-order chi connectivity index (χ0) is 12.4. The van der Waals surface area contributed by atoms with Crippen molar-refractivity contribution < 1.29 is 9.90 Å². The number of nitrogens with two attached hydrogens (primary N) is 2. The predicted octanol–water partition coefficient (Wildman–Crippen LogP) is 0.952. The first-order valence-electron chi connectivity index (χ1n) is 5.40. The molecule has 6 N–H and O–H groups in total. The molecule has 17 heavy (non-hydrogen) atoms. The Balaban J connectivity index is 2.39. The predicted molar refractivity (Wildman–Crippen MR) is 66.6 cm³/mol. The highest BCUT2D eigenvalue weighted by atomic mass is 16.4. The van der Waals surface area contributed by atoms with Gasteiger partial charge in [0.15, 0.2) is 0 Å². The highest BCUT2D eigenvalue weighted by molar-refractivity contribution is 5.94. The van der Waals surface area contributed by atoms with Gasteiger partial charge in [-0.3, -0.25) is 4.79 Å². The second-order valence-electron chi connectivity index (χ2n) is 4.06. The maximum atomic E-state index is 11.0. The number of carboxylic acids is 1. The molecule has 1 aromatic heterocycles. The largest absolute Gasteiger partial charge is 0.481 e. The normalized spacial score (nSPS) is 12.8. The second kappa shape index (κ2) is 4.47. The summed E-state index contributed by atoms with van der Waals surface area (Å²) in [5.74, 6) is -1.45. The van der Waals surface area contributed by atoms with Crippen LogP contribution in [-0.2, 0) is 11.2 Å². The zero-order valence-corrected chi connectivity index (χ0v) is 9.31. The molecule has 0 saturated carbocycles. The Morgan fingerprint density at radius 1 is 1.47 bits per heavy atom. The van der Waals surface area contributed by atoms with Gasteiger partial charge in [-0.25, -0.2) is 0 Å². The SMILES string of the molecule is NCC(Cc1c[nH]c2cccc(N)c12)C(=O)O. The van der Waals surface area contributed by atoms with E-state index in [9.17, 15) is 4.79 Å². The molecule has 1 unspecified atom stereocenters. The molecule has 5 nitrogen and oxygen atoms in total. The van der Waals surface area contributed by atoms with Crippen LogP contribution >= 0.6 is 0 Å². The number of aromatic amines is 1. The van der Waals surface area contributed by atoms with Gasteiger partial charge in [0.2, 0.25) is 0 Å². The van der Waals surface area contributed by atoms with E-state index in [-0.39, 0.29) is 6.54 Å². The Morgan fingerprint density at radius 2 is 2.24 bits per heavy atom. The Hall–Kier alpha value is -2.01. The van der Waals surface area contributed by atoms with Gasteiger partial charge in [0.05, 0.1) is 5.92 Å². The molecule has 0 radical (unpaired) electrons. The van der Waals surface area contributed by atoms with Crippen LogP contribution in [0.5, 0.6) is 0 Å². The maximum Gasteiger partial charge on any atom is 0.308 e. The molecular weight excluding hydrogens is 218 g/mol. The summed E-state index contributed by atoms with van der Waals surface area (Å²) in [7, 11) is 0. The molecular formula is C12H15N3O2. The number of benzene rings is 1. The van der Waals surface area contributed by atoms with Gasteiger partial charge in [0.25, 0.3) is 0 Å². The fraction of sp³-hybridized carbons (Fsp3) is 0.250. The number of aromatic nitrogens is 1. The smallest absolute Gasteiger partial charge is 0.308 e. The van der Waals surface area contributed by atoms with E-state index in [1.165, 1.54) is 0 Å². The van der Waals surface area contributed by atoms with Gasteiger partial charge in [-0.05, 0) is 24.1 Å². The quantitative estimate of drug-likeness (QED) is 0.590. The number of carbonyl (C=O) groups is 1. The van der Waals surface area contributed by atoms with Crippen molar-refractivity contribution in [2.75, 3.05) is 12.3 Å². The summed E-state index contributed by atoms with van der Waals surface area (Å²) in [4.78, 5) is 14.0. The lowest BCUT2D eigenvalue weighted by Crippen LogP contribution is -2.25. The Morgan fingerprint density at radius 3 is 2.88 bits per heavy atom. The molecule has 0 bridgehead atoms. The molecule has 0 spiro atoms. The summed E-state index contributed by atoms with van der Waals surface area (Å²) in [5, 5.41) is 9.89. The van der Waals surface area contributed by atoms with Gasteiger partial charge >= 0.3 is 5.97 Å². The van der Waals surface area contributed by atoms with Crippen molar-refractivity contribution in [3.05, 3.63) is 30.0 Å². The first kappa shape index (κ1) is 11.5. The fourth-order valence-electron chi connectivity index (χ4n) is 1.98. The van der Waals surface area contributed by atoms with E-state index >= 15 is 0 Å². The van der Waals surface area contributed by atoms with E-state index in [0.29, 0.717) is 12.1 Å². The first-order chi connectivity index (χ1) is 8.13. The average Bonchev–Trinajstić information content (AvgIpc) is 2.70. The summed E-state index contributed by atoms with van der Waals surface area (Å²) in [6.07, 6.45) is 2.19. The van der Waals surface area contributed by atoms with E-state index in [1.54, 1.807) is 12.3 Å². The van der Waals surface area contributed by atoms with Crippen molar-refractivity contribution in [3.63, 3.8) is 0 Å². The number of hydrogen-bond donors (Lipinski definition) is 4. The van der Waals surface area contributed by atoms with Gasteiger partial charge in [-0.2, -0.15) is 0 Å². The van der Waals surface area contributed by atoms with Crippen LogP contribution in [0.2, 0.25) is 0 Å². The minimum atomic E-state index is -0.878. The second-order valence-corrected chi connectivity index (χ2v) is 4.06. The summed E-state index contributed by atoms with van der Waals surface area (Å²) >= 11 is 0. The molecule has 0 aliphatic heterocycles. The van der Waals surface area contributed by atoms with Crippen LogP contribution < -0.4 is 11.5 Å². The van der Waals surface area contributed by atoms with Crippen molar-refractivity contribution >= 4 is 22.6 Å². The minimum absolute atomic E-state index is 0.120. The van der Waals surface area contributed by atoms with Gasteiger partial charge in [-0.1, -0.05) is 6.07 Å². The summed E-state index contributed by atoms with van der Waals surface area (Å²) < 4.78 is 0. The number of rotatable bonds is 4. The average molecular weight is 233 g/mol. The molecule has 2 rings (SSSR count). The zero-order valence-electron chi connectivity index (χ0n) is 9.31. The van der Waals surface area contributed by atoms with Crippen LogP contribution in [0.3, 0.4) is 0 Å². The number of nitrogens with one attached hydrogen (secondary N) is 1. The van der Waals surface area contributed by atoms with Crippen LogP contribution in [-0.4, -0.2) is 22.6 Å². The van der Waals surface area contributed by atoms with Crippen LogP contribution in [0, 0.1) is 5.92 Å². The molecule has 5 heteroatoms. The van der Waals surface area contributed by atoms with Crippen molar-refractivity contribution in [2.24, 2.45) is 11.7 Å². The topological polar surface area (TPSA) is 105 Å². The van der Waals surface area contributed by atoms with Gasteiger partial charge in [0, 0.05) is 29.3 Å². The third kappa shape index (κ3) is 2.09. The Labute approximate surface area is 98.4 Å². The van der Waals surface area contributed by atoms with Crippen LogP contribution in [0.25, 0.3) is 10.9 Å². The monoisotopic (exact) mass is 233 g/mol. The molecule has 1 atom stereocenters. The minimum Gasteiger partial charge on any atom is -0.481 e. The summed E-state index contributed by atoms with van der Waals surface area (Å²) in [6, 6.07) is 5.57. The first-order valence-corrected chi connectivity index (χ1v) is 5.40. The van der Waals surface area contributed by atoms with E-state index in [2.05, 4.69) is 4.98 Å². The molecule has 0 fully saturated rings. The number of H-pyrrole nitrogens is 1. The molecule has 1 aromatic carbocycles. The number of nitrogen functional groups attached to an aromatic ring is 1. The van der Waals surface area contributed by atoms with Crippen molar-refractivity contribution in [3.8, 4) is 0 Å². The van der Waals surface area contributed by atoms with E-state index in [1.807, 2.05) is 12.1 Å². The molecule has 0 amide bonds. The standard InChI is InChI=1S/C12H15N3O2/c13-5-7(12(16)17)4-8-6-15-10-3-1-2-9(14)11(8)10/h1-3,6-7,15H,4-5,13-14H2,(H,16,17). The Bertz CT molecular complexity index is 548. The highest BCUT2D eigenvalue weighted by Gasteiger charge is 2.18. The third-order valence-corrected chi connectivity index (χ3v) is 2.92. The molecule has 90 valence electrons. The third-order valence-electron chi connectivity index (χ3n) is 2.92. The van der Waals surface area contributed by atoms with E-state index in [0.717, 1.165) is 16.5 Å². The number of hydrogen-bond acceptors (Lipinski definition) is 3. The maximum absolute atomic E-state index is 11.0. The summed E-state index contributed by atoms with van der Waals surface area (Å²) in [6.45, 7) is 0.120. The van der Waals surface area contributed by atoms with E-state index < -0.39 is 11.9 Å². The van der Waals surface area contributed by atoms with Crippen LogP contribution in [0.4, 0.5) is 5.69 Å². The fourth-order valence-corrected chi connectivity index (χ4v) is 1.98. The Kier molecular flexibility index (Phi) is 3.01. The van der Waals surface area contributed by atoms with Crippen molar-refractivity contribution in [1.82, 2.24) is 4.98 Å². The molecule has 2 aromatic rings. The lowest BCUT2D eigenvalue weighted by molar-refractivity contribution is -0.141. The summed E-state index contributed by atoms with van der Waals surface area (Å²) in [5.41, 5.74) is 13.8. The van der Waals surface area contributed by atoms with Gasteiger partial charge in [-0.15, -0.1) is 0 Å². The molecule has 0 aliphatic rings. The van der Waals surface area contributed by atoms with Crippen LogP contribution in [0.15, 0.2) is 24.4 Å². The number of carboxylic acid groups (broad SMARTS) is 1. The van der Waals surface area contributed by atoms with Crippen molar-refractivity contribution in [1.29, 1.82) is 0 Å². The molecule has 1 heterocycles. The lowest BCUT2D eigenvalue weighted by atomic mass is 9.98. The number of aliphatic carboxylic acids is 1. The highest BCUT2D eigenvalue weighted by Crippen LogP contribution is 2.26. The lowest BCUT2D eigenvalue weighted by Gasteiger charge is -2.09. The van der Waals surface area contributed by atoms with Gasteiger partial charge < -0.3 is 21.6 Å².